The molecule has 0 aromatic carbocycles. The SMILES string of the molecule is CC/C=C\C/C=C\C/C=C\C/C=C\C/C=C\C/C=C\C/C=C\C/C=C\CCCCCCCCC(=O)OCC(COC(=O)CCCCCCCCCC)OC(=O)CCCCCCCCC/C=C\CCCCCCCCC. The predicted octanol–water partition coefficient (Wildman–Crippen LogP) is 21.4. The minimum absolute atomic E-state index is 0.0832. The summed E-state index contributed by atoms with van der Waals surface area (Å²) in [6, 6.07) is 0. The highest BCUT2D eigenvalue weighted by molar-refractivity contribution is 5.71. The van der Waals surface area contributed by atoms with Crippen molar-refractivity contribution in [3.8, 4) is 0 Å². The van der Waals surface area contributed by atoms with Crippen LogP contribution in [0.15, 0.2) is 109 Å². The molecule has 0 bridgehead atoms. The first-order valence-corrected chi connectivity index (χ1v) is 31.4. The average Bonchev–Trinajstić information content (AvgIpc) is 3.41. The van der Waals surface area contributed by atoms with Gasteiger partial charge in [0.25, 0.3) is 0 Å². The fraction of sp³-hybridized carbons (Fsp3) is 0.696. The third-order valence-corrected chi connectivity index (χ3v) is 13.3. The van der Waals surface area contributed by atoms with Gasteiger partial charge in [-0.05, 0) is 109 Å². The van der Waals surface area contributed by atoms with Gasteiger partial charge in [-0.2, -0.15) is 0 Å². The largest absolute Gasteiger partial charge is 0.462 e. The molecule has 0 spiro atoms. The zero-order valence-corrected chi connectivity index (χ0v) is 49.0. The molecule has 6 nitrogen and oxygen atoms in total. The van der Waals surface area contributed by atoms with Crippen LogP contribution in [0.2, 0.25) is 0 Å². The Morgan fingerprint density at radius 1 is 0.280 bits per heavy atom. The van der Waals surface area contributed by atoms with Crippen LogP contribution in [0.4, 0.5) is 0 Å². The topological polar surface area (TPSA) is 78.9 Å². The molecule has 0 aromatic heterocycles. The lowest BCUT2D eigenvalue weighted by Gasteiger charge is -2.18. The van der Waals surface area contributed by atoms with Gasteiger partial charge >= 0.3 is 17.9 Å². The number of allylic oxidation sites excluding steroid dienone is 18. The van der Waals surface area contributed by atoms with E-state index in [1.165, 1.54) is 128 Å². The molecule has 0 radical (unpaired) electrons. The Bertz CT molecular complexity index is 1520. The Labute approximate surface area is 463 Å². The van der Waals surface area contributed by atoms with Crippen LogP contribution in [0.3, 0.4) is 0 Å². The number of ether oxygens (including phenoxy) is 3. The summed E-state index contributed by atoms with van der Waals surface area (Å²) in [4.78, 5) is 38.1. The van der Waals surface area contributed by atoms with Crippen LogP contribution in [0.1, 0.15) is 290 Å². The minimum Gasteiger partial charge on any atom is -0.462 e. The molecule has 0 aliphatic heterocycles. The minimum atomic E-state index is -0.785. The van der Waals surface area contributed by atoms with Crippen molar-refractivity contribution in [2.45, 2.75) is 297 Å². The van der Waals surface area contributed by atoms with Gasteiger partial charge in [-0.15, -0.1) is 0 Å². The average molecular weight is 1040 g/mol. The molecule has 0 rings (SSSR count). The highest BCUT2D eigenvalue weighted by Gasteiger charge is 2.19. The van der Waals surface area contributed by atoms with E-state index in [-0.39, 0.29) is 31.1 Å². The Balaban J connectivity index is 4.22. The van der Waals surface area contributed by atoms with E-state index in [1.807, 2.05) is 0 Å². The second-order valence-corrected chi connectivity index (χ2v) is 20.6. The summed E-state index contributed by atoms with van der Waals surface area (Å²) >= 11 is 0. The number of hydrogen-bond acceptors (Lipinski definition) is 6. The van der Waals surface area contributed by atoms with Crippen LogP contribution >= 0.6 is 0 Å². The van der Waals surface area contributed by atoms with E-state index in [4.69, 9.17) is 14.2 Å². The molecular formula is C69H116O6. The fourth-order valence-corrected chi connectivity index (χ4v) is 8.57. The van der Waals surface area contributed by atoms with Gasteiger partial charge in [-0.25, -0.2) is 0 Å². The van der Waals surface area contributed by atoms with E-state index in [9.17, 15) is 14.4 Å². The van der Waals surface area contributed by atoms with Crippen LogP contribution < -0.4 is 0 Å². The van der Waals surface area contributed by atoms with Crippen molar-refractivity contribution < 1.29 is 28.6 Å². The standard InChI is InChI=1S/C69H116O6/c1-4-7-10-13-16-19-21-23-25-27-29-30-31-32-33-34-35-36-37-38-39-40-41-43-44-46-48-50-53-56-59-62-68(71)74-65-66(64-73-67(70)61-58-55-52-18-15-12-9-6-3)75-69(72)63-60-57-54-51-49-47-45-42-28-26-24-22-20-17-14-11-8-5-2/h7,10,16,19,23,25-26,28-30,32-33,35-36,38-39,41,43,66H,4-6,8-9,11-15,17-18,20-22,24,27,31,34,37,40,42,44-65H2,1-3H3/b10-7-,19-16-,25-23-,28-26-,30-29-,33-32-,36-35-,39-38-,43-41-. The first kappa shape index (κ1) is 71.1. The molecule has 6 heteroatoms. The van der Waals surface area contributed by atoms with Crippen molar-refractivity contribution in [2.24, 2.45) is 0 Å². The van der Waals surface area contributed by atoms with E-state index in [0.717, 1.165) is 122 Å². The summed E-state index contributed by atoms with van der Waals surface area (Å²) in [6.07, 6.45) is 85.3. The number of esters is 3. The quantitative estimate of drug-likeness (QED) is 0.0261. The van der Waals surface area contributed by atoms with Gasteiger partial charge in [0.15, 0.2) is 6.10 Å². The van der Waals surface area contributed by atoms with Crippen molar-refractivity contribution in [3.63, 3.8) is 0 Å². The fourth-order valence-electron chi connectivity index (χ4n) is 8.57. The number of carbonyl (C=O) groups excluding carboxylic acids is 3. The molecule has 1 atom stereocenters. The van der Waals surface area contributed by atoms with Crippen molar-refractivity contribution >= 4 is 17.9 Å². The summed E-state index contributed by atoms with van der Waals surface area (Å²) in [5.74, 6) is -0.903. The maximum atomic E-state index is 12.8. The van der Waals surface area contributed by atoms with Crippen molar-refractivity contribution in [3.05, 3.63) is 109 Å². The highest BCUT2D eigenvalue weighted by atomic mass is 16.6. The molecule has 75 heavy (non-hydrogen) atoms. The van der Waals surface area contributed by atoms with E-state index < -0.39 is 6.10 Å². The predicted molar refractivity (Wildman–Crippen MR) is 325 cm³/mol. The second-order valence-electron chi connectivity index (χ2n) is 20.6. The Morgan fingerprint density at radius 3 is 0.827 bits per heavy atom. The first-order valence-electron chi connectivity index (χ1n) is 31.4. The van der Waals surface area contributed by atoms with Crippen LogP contribution in [0, 0.1) is 0 Å². The number of carbonyl (C=O) groups is 3. The Morgan fingerprint density at radius 2 is 0.520 bits per heavy atom. The highest BCUT2D eigenvalue weighted by Crippen LogP contribution is 2.15. The smallest absolute Gasteiger partial charge is 0.306 e. The number of unbranched alkanes of at least 4 members (excludes halogenated alkanes) is 27. The van der Waals surface area contributed by atoms with Gasteiger partial charge in [0.1, 0.15) is 13.2 Å². The van der Waals surface area contributed by atoms with Crippen LogP contribution in [-0.2, 0) is 28.6 Å². The summed E-state index contributed by atoms with van der Waals surface area (Å²) < 4.78 is 16.8. The summed E-state index contributed by atoms with van der Waals surface area (Å²) in [6.45, 7) is 6.49. The van der Waals surface area contributed by atoms with Gasteiger partial charge in [0, 0.05) is 19.3 Å². The van der Waals surface area contributed by atoms with Gasteiger partial charge < -0.3 is 14.2 Å². The molecule has 0 fully saturated rings. The Hall–Kier alpha value is -3.93. The van der Waals surface area contributed by atoms with E-state index in [0.29, 0.717) is 19.3 Å². The van der Waals surface area contributed by atoms with Crippen LogP contribution in [0.25, 0.3) is 0 Å². The molecule has 0 aliphatic carbocycles. The first-order chi connectivity index (χ1) is 37.0. The molecule has 0 N–H and O–H groups in total. The third-order valence-electron chi connectivity index (χ3n) is 13.3. The van der Waals surface area contributed by atoms with Crippen molar-refractivity contribution in [2.75, 3.05) is 13.2 Å². The molecule has 0 amide bonds. The lowest BCUT2D eigenvalue weighted by Crippen LogP contribution is -2.30. The Kier molecular flexibility index (Phi) is 59.3. The molecule has 0 aromatic rings. The number of hydrogen-bond donors (Lipinski definition) is 0. The van der Waals surface area contributed by atoms with E-state index in [2.05, 4.69) is 130 Å². The van der Waals surface area contributed by atoms with E-state index >= 15 is 0 Å². The lowest BCUT2D eigenvalue weighted by atomic mass is 10.1. The van der Waals surface area contributed by atoms with Crippen molar-refractivity contribution in [1.29, 1.82) is 0 Å². The molecule has 0 saturated carbocycles. The van der Waals surface area contributed by atoms with Gasteiger partial charge in [0.2, 0.25) is 0 Å². The summed E-state index contributed by atoms with van der Waals surface area (Å²) in [7, 11) is 0. The molecule has 0 saturated heterocycles. The van der Waals surface area contributed by atoms with Gasteiger partial charge in [0.05, 0.1) is 0 Å². The molecule has 0 heterocycles. The van der Waals surface area contributed by atoms with Gasteiger partial charge in [-0.1, -0.05) is 271 Å². The monoisotopic (exact) mass is 1040 g/mol. The number of rotatable bonds is 56. The second kappa shape index (κ2) is 62.6. The molecule has 428 valence electrons. The maximum Gasteiger partial charge on any atom is 0.306 e. The normalized spacial score (nSPS) is 12.8. The van der Waals surface area contributed by atoms with Crippen LogP contribution in [-0.4, -0.2) is 37.2 Å². The van der Waals surface area contributed by atoms with Crippen molar-refractivity contribution in [1.82, 2.24) is 0 Å². The lowest BCUT2D eigenvalue weighted by molar-refractivity contribution is -0.167. The molecule has 1 unspecified atom stereocenters. The summed E-state index contributed by atoms with van der Waals surface area (Å²) in [5, 5.41) is 0. The molecule has 0 aliphatic rings. The van der Waals surface area contributed by atoms with Gasteiger partial charge in [-0.3, -0.25) is 14.4 Å². The summed E-state index contributed by atoms with van der Waals surface area (Å²) in [5.41, 5.74) is 0. The van der Waals surface area contributed by atoms with E-state index in [1.54, 1.807) is 0 Å². The van der Waals surface area contributed by atoms with Crippen LogP contribution in [0.5, 0.6) is 0 Å². The zero-order valence-electron chi connectivity index (χ0n) is 49.0. The maximum absolute atomic E-state index is 12.8. The zero-order chi connectivity index (χ0) is 54.3. The third kappa shape index (κ3) is 60.8. The molecular weight excluding hydrogens is 925 g/mol.